The van der Waals surface area contributed by atoms with Gasteiger partial charge in [0, 0.05) is 13.1 Å². The third-order valence-corrected chi connectivity index (χ3v) is 6.85. The summed E-state index contributed by atoms with van der Waals surface area (Å²) < 4.78 is 8.33. The van der Waals surface area contributed by atoms with Crippen LogP contribution in [0.2, 0.25) is 0 Å². The van der Waals surface area contributed by atoms with Crippen LogP contribution < -0.4 is 10.9 Å². The van der Waals surface area contributed by atoms with E-state index in [4.69, 9.17) is 4.74 Å². The van der Waals surface area contributed by atoms with Crippen LogP contribution in [0.4, 0.5) is 5.69 Å². The van der Waals surface area contributed by atoms with Gasteiger partial charge in [0.2, 0.25) is 5.91 Å². The van der Waals surface area contributed by atoms with E-state index < -0.39 is 5.60 Å². The van der Waals surface area contributed by atoms with Gasteiger partial charge in [-0.1, -0.05) is 0 Å². The molecule has 1 aliphatic heterocycles. The van der Waals surface area contributed by atoms with Crippen LogP contribution in [0, 0.1) is 0 Å². The van der Waals surface area contributed by atoms with Crippen molar-refractivity contribution in [3.05, 3.63) is 32.6 Å². The zero-order valence-corrected chi connectivity index (χ0v) is 19.8. The maximum atomic E-state index is 12.7. The number of morpholine rings is 1. The molecule has 0 bridgehead atoms. The number of carbonyl (C=O) groups is 1. The molecule has 1 fully saturated rings. The second-order valence-electron chi connectivity index (χ2n) is 8.48. The molecule has 0 aliphatic carbocycles. The van der Waals surface area contributed by atoms with E-state index in [9.17, 15) is 14.7 Å². The Hall–Kier alpha value is -2.38. The van der Waals surface area contributed by atoms with Gasteiger partial charge in [-0.25, -0.2) is 4.52 Å². The fourth-order valence-corrected chi connectivity index (χ4v) is 5.70. The maximum Gasteiger partial charge on any atom is 0.261 e. The number of ether oxygens (including phenoxy) is 1. The first-order chi connectivity index (χ1) is 15.2. The summed E-state index contributed by atoms with van der Waals surface area (Å²) in [7, 11) is 0. The molecule has 32 heavy (non-hydrogen) atoms. The van der Waals surface area contributed by atoms with Gasteiger partial charge in [0.05, 0.1) is 52.2 Å². The SMILES string of the molecule is CC1(C)CN(CC(=O)Nc2cnc3c(c2)[nH]c(=O)c2c3nn3cc(Br)sc23)C[C@@H](CO)O1. The summed E-state index contributed by atoms with van der Waals surface area (Å²) in [6.45, 7) is 4.98. The van der Waals surface area contributed by atoms with Crippen molar-refractivity contribution in [2.75, 3.05) is 31.6 Å². The summed E-state index contributed by atoms with van der Waals surface area (Å²) in [5.74, 6) is -0.212. The van der Waals surface area contributed by atoms with Crippen LogP contribution in [0.15, 0.2) is 27.0 Å². The predicted octanol–water partition coefficient (Wildman–Crippen LogP) is 1.96. The minimum Gasteiger partial charge on any atom is -0.394 e. The molecule has 5 rings (SSSR count). The molecule has 4 aromatic rings. The first-order valence-electron chi connectivity index (χ1n) is 10.0. The van der Waals surface area contributed by atoms with E-state index in [1.165, 1.54) is 11.3 Å². The van der Waals surface area contributed by atoms with Crippen LogP contribution >= 0.6 is 27.3 Å². The highest BCUT2D eigenvalue weighted by atomic mass is 79.9. The van der Waals surface area contributed by atoms with Crippen molar-refractivity contribution in [3.8, 4) is 0 Å². The standard InChI is InChI=1S/C20H21BrN6O4S/c1-20(2)9-26(5-11(8-28)31-20)7-14(29)23-10-3-12-16(22-4-10)17-15(18(30)24-12)19-27(25-17)6-13(21)32-19/h3-4,6,11,28H,5,7-9H2,1-2H3,(H,23,29)(H,24,30)/t11-/m0/s1. The van der Waals surface area contributed by atoms with Gasteiger partial charge in [0.15, 0.2) is 0 Å². The molecular formula is C20H21BrN6O4S. The Balaban J connectivity index is 1.39. The van der Waals surface area contributed by atoms with Crippen molar-refractivity contribution < 1.29 is 14.6 Å². The molecule has 4 aromatic heterocycles. The van der Waals surface area contributed by atoms with E-state index in [0.717, 1.165) is 8.62 Å². The minimum atomic E-state index is -0.449. The summed E-state index contributed by atoms with van der Waals surface area (Å²) in [6, 6.07) is 1.68. The Morgan fingerprint density at radius 2 is 2.28 bits per heavy atom. The van der Waals surface area contributed by atoms with Crippen molar-refractivity contribution in [2.45, 2.75) is 25.6 Å². The number of rotatable bonds is 4. The zero-order chi connectivity index (χ0) is 22.6. The van der Waals surface area contributed by atoms with Gasteiger partial charge >= 0.3 is 0 Å². The van der Waals surface area contributed by atoms with E-state index in [0.29, 0.717) is 40.7 Å². The van der Waals surface area contributed by atoms with E-state index >= 15 is 0 Å². The highest BCUT2D eigenvalue weighted by Crippen LogP contribution is 2.30. The Kier molecular flexibility index (Phi) is 5.29. The fraction of sp³-hybridized carbons (Fsp3) is 0.400. The number of pyridine rings is 2. The van der Waals surface area contributed by atoms with Crippen LogP contribution in [-0.2, 0) is 9.53 Å². The zero-order valence-electron chi connectivity index (χ0n) is 17.4. The number of aliphatic hydroxyl groups is 1. The second kappa shape index (κ2) is 7.89. The highest BCUT2D eigenvalue weighted by Gasteiger charge is 2.33. The quantitative estimate of drug-likeness (QED) is 0.375. The lowest BCUT2D eigenvalue weighted by atomic mass is 10.1. The lowest BCUT2D eigenvalue weighted by Crippen LogP contribution is -2.55. The molecule has 168 valence electrons. The number of aromatic nitrogens is 4. The Morgan fingerprint density at radius 1 is 1.47 bits per heavy atom. The van der Waals surface area contributed by atoms with Crippen molar-refractivity contribution in [1.29, 1.82) is 0 Å². The van der Waals surface area contributed by atoms with Gasteiger partial charge in [0.25, 0.3) is 5.56 Å². The molecule has 0 spiro atoms. The molecule has 0 aromatic carbocycles. The summed E-state index contributed by atoms with van der Waals surface area (Å²) in [4.78, 5) is 35.4. The van der Waals surface area contributed by atoms with Crippen molar-refractivity contribution in [2.24, 2.45) is 0 Å². The molecule has 0 unspecified atom stereocenters. The Morgan fingerprint density at radius 3 is 3.06 bits per heavy atom. The largest absolute Gasteiger partial charge is 0.394 e. The first-order valence-corrected chi connectivity index (χ1v) is 11.6. The van der Waals surface area contributed by atoms with Crippen molar-refractivity contribution in [1.82, 2.24) is 24.5 Å². The van der Waals surface area contributed by atoms with Gasteiger partial charge in [-0.05, 0) is 35.8 Å². The lowest BCUT2D eigenvalue weighted by molar-refractivity contribution is -0.151. The summed E-state index contributed by atoms with van der Waals surface area (Å²) in [6.07, 6.45) is 3.03. The van der Waals surface area contributed by atoms with Crippen molar-refractivity contribution >= 4 is 65.6 Å². The lowest BCUT2D eigenvalue weighted by Gasteiger charge is -2.41. The third-order valence-electron chi connectivity index (χ3n) is 5.28. The monoisotopic (exact) mass is 520 g/mol. The smallest absolute Gasteiger partial charge is 0.261 e. The predicted molar refractivity (Wildman–Crippen MR) is 125 cm³/mol. The number of fused-ring (bicyclic) bond motifs is 5. The number of hydrogen-bond acceptors (Lipinski definition) is 8. The molecule has 0 radical (unpaired) electrons. The first kappa shape index (κ1) is 21.5. The fourth-order valence-electron chi connectivity index (χ4n) is 4.23. The molecule has 5 heterocycles. The van der Waals surface area contributed by atoms with Gasteiger partial charge in [-0.2, -0.15) is 5.10 Å². The summed E-state index contributed by atoms with van der Waals surface area (Å²) >= 11 is 4.84. The van der Waals surface area contributed by atoms with E-state index in [1.807, 2.05) is 18.7 Å². The minimum absolute atomic E-state index is 0.0965. The van der Waals surface area contributed by atoms with Crippen LogP contribution in [0.3, 0.4) is 0 Å². The molecule has 1 aliphatic rings. The van der Waals surface area contributed by atoms with E-state index in [-0.39, 0.29) is 30.7 Å². The number of thiazole rings is 1. The number of amides is 1. The van der Waals surface area contributed by atoms with Crippen LogP contribution in [0.1, 0.15) is 13.8 Å². The number of anilines is 1. The van der Waals surface area contributed by atoms with E-state index in [1.54, 1.807) is 23.0 Å². The Bertz CT molecular complexity index is 1410. The number of halogens is 1. The normalized spacial score (nSPS) is 19.2. The molecule has 1 saturated heterocycles. The molecule has 1 amide bonds. The van der Waals surface area contributed by atoms with E-state index in [2.05, 4.69) is 36.3 Å². The van der Waals surface area contributed by atoms with Gasteiger partial charge in [-0.15, -0.1) is 11.3 Å². The van der Waals surface area contributed by atoms with Crippen molar-refractivity contribution in [3.63, 3.8) is 0 Å². The average molecular weight is 521 g/mol. The molecule has 1 atom stereocenters. The Labute approximate surface area is 194 Å². The van der Waals surface area contributed by atoms with Gasteiger partial charge < -0.3 is 20.1 Å². The van der Waals surface area contributed by atoms with Crippen LogP contribution in [0.25, 0.3) is 26.8 Å². The number of aliphatic hydroxyl groups excluding tert-OH is 1. The second-order valence-corrected chi connectivity index (χ2v) is 10.9. The topological polar surface area (TPSA) is 125 Å². The summed E-state index contributed by atoms with van der Waals surface area (Å²) in [5.41, 5.74) is 1.35. The van der Waals surface area contributed by atoms with Crippen LogP contribution in [-0.4, -0.2) is 73.4 Å². The number of hydrogen-bond donors (Lipinski definition) is 3. The van der Waals surface area contributed by atoms with Crippen LogP contribution in [0.5, 0.6) is 0 Å². The molecule has 0 saturated carbocycles. The summed E-state index contributed by atoms with van der Waals surface area (Å²) in [5, 5.41) is 17.3. The van der Waals surface area contributed by atoms with Gasteiger partial charge in [0.1, 0.15) is 21.3 Å². The number of nitrogens with zero attached hydrogens (tertiary/aromatic N) is 4. The molecule has 10 nitrogen and oxygen atoms in total. The highest BCUT2D eigenvalue weighted by molar-refractivity contribution is 9.11. The number of H-pyrrole nitrogens is 1. The molecule has 12 heteroatoms. The van der Waals surface area contributed by atoms with Gasteiger partial charge in [-0.3, -0.25) is 19.5 Å². The number of nitrogens with one attached hydrogen (secondary N) is 2. The maximum absolute atomic E-state index is 12.7. The number of aromatic amines is 1. The number of carbonyl (C=O) groups excluding carboxylic acids is 1. The third kappa shape index (κ3) is 3.92. The molecule has 3 N–H and O–H groups in total. The molecular weight excluding hydrogens is 500 g/mol. The average Bonchev–Trinajstić information content (AvgIpc) is 3.22.